The standard InChI is InChI=1S/C54H39BN2O/c1-32-28-40-38-30-39-37-16-7-12-23-49(37)58-50(39)31-47(38)57(34-26-24-33(25-27-34)53(2,3)4)55-45-21-13-20-44-52(45)56(48(29-32)51(40)55)46-22-11-10-19-43(46)54(44)41-17-8-5-14-35(41)36-15-6-9-18-42(36)54/h5-31H,1-4H3. The molecule has 0 saturated carbocycles. The second-order valence-corrected chi connectivity index (χ2v) is 17.7. The number of anilines is 5. The molecule has 274 valence electrons. The van der Waals surface area contributed by atoms with Crippen molar-refractivity contribution in [1.29, 1.82) is 0 Å². The average molecular weight is 743 g/mol. The summed E-state index contributed by atoms with van der Waals surface area (Å²) in [6, 6.07) is 61.9. The van der Waals surface area contributed by atoms with Crippen molar-refractivity contribution < 1.29 is 4.42 Å². The van der Waals surface area contributed by atoms with Gasteiger partial charge in [-0.05, 0) is 110 Å². The largest absolute Gasteiger partial charge is 0.456 e. The van der Waals surface area contributed by atoms with Crippen LogP contribution in [0.4, 0.5) is 28.4 Å². The van der Waals surface area contributed by atoms with Crippen molar-refractivity contribution in [3.8, 4) is 22.3 Å². The number of aryl methyl sites for hydroxylation is 1. The molecule has 1 spiro atoms. The van der Waals surface area contributed by atoms with Crippen LogP contribution in [0.1, 0.15) is 54.2 Å². The maximum Gasteiger partial charge on any atom is 0.333 e. The first-order valence-electron chi connectivity index (χ1n) is 20.5. The number of fused-ring (bicyclic) bond motifs is 16. The predicted octanol–water partition coefficient (Wildman–Crippen LogP) is 12.6. The van der Waals surface area contributed by atoms with Crippen LogP contribution in [-0.4, -0.2) is 6.85 Å². The van der Waals surface area contributed by atoms with Gasteiger partial charge in [0.25, 0.3) is 0 Å². The molecule has 0 radical (unpaired) electrons. The van der Waals surface area contributed by atoms with Crippen molar-refractivity contribution in [2.45, 2.75) is 38.5 Å². The molecule has 13 rings (SSSR count). The summed E-state index contributed by atoms with van der Waals surface area (Å²) in [4.78, 5) is 5.24. The minimum absolute atomic E-state index is 0.0372. The van der Waals surface area contributed by atoms with Crippen LogP contribution in [0.3, 0.4) is 0 Å². The van der Waals surface area contributed by atoms with E-state index < -0.39 is 5.41 Å². The van der Waals surface area contributed by atoms with Crippen LogP contribution in [0.2, 0.25) is 0 Å². The smallest absolute Gasteiger partial charge is 0.333 e. The molecule has 0 atom stereocenters. The normalized spacial score (nSPS) is 14.9. The molecule has 3 aliphatic heterocycles. The van der Waals surface area contributed by atoms with E-state index in [0.29, 0.717) is 0 Å². The second-order valence-electron chi connectivity index (χ2n) is 17.7. The van der Waals surface area contributed by atoms with Crippen molar-refractivity contribution in [1.82, 2.24) is 0 Å². The van der Waals surface area contributed by atoms with Gasteiger partial charge in [0.2, 0.25) is 0 Å². The van der Waals surface area contributed by atoms with Crippen LogP contribution in [0.5, 0.6) is 0 Å². The highest BCUT2D eigenvalue weighted by Gasteiger charge is 2.55. The van der Waals surface area contributed by atoms with Gasteiger partial charge in [-0.3, -0.25) is 0 Å². The quantitative estimate of drug-likeness (QED) is 0.156. The molecule has 4 heteroatoms. The Hall–Kier alpha value is -6.78. The Kier molecular flexibility index (Phi) is 6.13. The van der Waals surface area contributed by atoms with Gasteiger partial charge < -0.3 is 14.1 Å². The van der Waals surface area contributed by atoms with Gasteiger partial charge in [-0.1, -0.05) is 142 Å². The fourth-order valence-corrected chi connectivity index (χ4v) is 11.3. The van der Waals surface area contributed by atoms with Crippen molar-refractivity contribution in [3.63, 3.8) is 0 Å². The first-order valence-corrected chi connectivity index (χ1v) is 20.5. The van der Waals surface area contributed by atoms with Crippen molar-refractivity contribution in [2.75, 3.05) is 9.71 Å². The maximum absolute atomic E-state index is 6.65. The molecule has 3 nitrogen and oxygen atoms in total. The minimum atomic E-state index is -0.484. The van der Waals surface area contributed by atoms with Crippen molar-refractivity contribution in [3.05, 3.63) is 197 Å². The topological polar surface area (TPSA) is 19.6 Å². The molecule has 0 bridgehead atoms. The molecule has 9 aromatic rings. The highest BCUT2D eigenvalue weighted by atomic mass is 16.3. The summed E-state index contributed by atoms with van der Waals surface area (Å²) in [5, 5.41) is 2.29. The summed E-state index contributed by atoms with van der Waals surface area (Å²) in [5.41, 5.74) is 23.2. The van der Waals surface area contributed by atoms with Crippen LogP contribution in [-0.2, 0) is 10.8 Å². The molecule has 0 N–H and O–H groups in total. The van der Waals surface area contributed by atoms with E-state index in [1.54, 1.807) is 0 Å². The van der Waals surface area contributed by atoms with Gasteiger partial charge >= 0.3 is 6.85 Å². The highest BCUT2D eigenvalue weighted by molar-refractivity contribution is 6.93. The molecule has 4 aliphatic rings. The number of para-hydroxylation sites is 3. The highest BCUT2D eigenvalue weighted by Crippen LogP contribution is 2.64. The summed E-state index contributed by atoms with van der Waals surface area (Å²) in [5.74, 6) is 0. The van der Waals surface area contributed by atoms with E-state index in [9.17, 15) is 0 Å². The molecule has 0 saturated heterocycles. The Bertz CT molecular complexity index is 3210. The summed E-state index contributed by atoms with van der Waals surface area (Å²) in [6.07, 6.45) is 0. The summed E-state index contributed by atoms with van der Waals surface area (Å²) >= 11 is 0. The number of rotatable bonds is 1. The van der Waals surface area contributed by atoms with E-state index in [0.717, 1.165) is 27.6 Å². The van der Waals surface area contributed by atoms with E-state index in [1.165, 1.54) is 89.3 Å². The van der Waals surface area contributed by atoms with Crippen LogP contribution in [0.25, 0.3) is 44.2 Å². The Balaban J connectivity index is 1.17. The number of hydrogen-bond donors (Lipinski definition) is 0. The lowest BCUT2D eigenvalue weighted by Gasteiger charge is -2.51. The van der Waals surface area contributed by atoms with Gasteiger partial charge in [-0.2, -0.15) is 0 Å². The second kappa shape index (κ2) is 11.0. The Morgan fingerprint density at radius 3 is 1.95 bits per heavy atom. The Labute approximate surface area is 338 Å². The molecular weight excluding hydrogens is 703 g/mol. The molecule has 0 fully saturated rings. The number of benzene rings is 8. The van der Waals surface area contributed by atoms with Gasteiger partial charge in [-0.25, -0.2) is 0 Å². The fourth-order valence-electron chi connectivity index (χ4n) is 11.3. The van der Waals surface area contributed by atoms with Crippen molar-refractivity contribution >= 4 is 68.1 Å². The molecule has 58 heavy (non-hydrogen) atoms. The molecule has 4 heterocycles. The van der Waals surface area contributed by atoms with E-state index in [1.807, 2.05) is 0 Å². The summed E-state index contributed by atoms with van der Waals surface area (Å²) < 4.78 is 6.65. The van der Waals surface area contributed by atoms with Gasteiger partial charge in [0.05, 0.1) is 11.1 Å². The molecule has 1 aromatic heterocycles. The van der Waals surface area contributed by atoms with E-state index in [2.05, 4.69) is 201 Å². The third-order valence-corrected chi connectivity index (χ3v) is 13.6. The maximum atomic E-state index is 6.65. The van der Waals surface area contributed by atoms with Gasteiger partial charge in [0, 0.05) is 45.2 Å². The zero-order valence-electron chi connectivity index (χ0n) is 33.0. The van der Waals surface area contributed by atoms with Crippen molar-refractivity contribution in [2.24, 2.45) is 0 Å². The van der Waals surface area contributed by atoms with Crippen LogP contribution < -0.4 is 20.6 Å². The zero-order chi connectivity index (χ0) is 38.7. The lowest BCUT2D eigenvalue weighted by Crippen LogP contribution is -2.62. The summed E-state index contributed by atoms with van der Waals surface area (Å²) in [7, 11) is 0. The average Bonchev–Trinajstić information content (AvgIpc) is 3.75. The fraction of sp³-hybridized carbons (Fsp3) is 0.111. The first kappa shape index (κ1) is 32.3. The van der Waals surface area contributed by atoms with E-state index in [4.69, 9.17) is 4.42 Å². The molecule has 0 unspecified atom stereocenters. The number of furan rings is 1. The van der Waals surface area contributed by atoms with Crippen LogP contribution in [0.15, 0.2) is 168 Å². The molecule has 8 aromatic carbocycles. The van der Waals surface area contributed by atoms with Gasteiger partial charge in [0.15, 0.2) is 0 Å². The molecule has 0 amide bonds. The third-order valence-electron chi connectivity index (χ3n) is 13.6. The predicted molar refractivity (Wildman–Crippen MR) is 242 cm³/mol. The van der Waals surface area contributed by atoms with E-state index >= 15 is 0 Å². The third kappa shape index (κ3) is 3.90. The lowest BCUT2D eigenvalue weighted by atomic mass is 9.42. The Morgan fingerprint density at radius 1 is 0.517 bits per heavy atom. The van der Waals surface area contributed by atoms with Crippen LogP contribution in [0, 0.1) is 6.92 Å². The van der Waals surface area contributed by atoms with E-state index in [-0.39, 0.29) is 12.3 Å². The first-order chi connectivity index (χ1) is 28.3. The van der Waals surface area contributed by atoms with Gasteiger partial charge in [-0.15, -0.1) is 0 Å². The molecular formula is C54H39BN2O. The number of hydrogen-bond acceptors (Lipinski definition) is 3. The SMILES string of the molecule is Cc1cc2c3c(c1)N1c4ccccc4C4(c5ccccc5-c5ccccc54)c4cccc(c41)B3N(c1ccc(C(C)(C)C)cc1)c1cc3oc4ccccc4c3cc1-2. The Morgan fingerprint density at radius 2 is 1.19 bits per heavy atom. The van der Waals surface area contributed by atoms with Gasteiger partial charge in [0.1, 0.15) is 11.2 Å². The van der Waals surface area contributed by atoms with Crippen LogP contribution >= 0.6 is 0 Å². The number of nitrogens with zero attached hydrogens (tertiary/aromatic N) is 2. The molecule has 1 aliphatic carbocycles. The minimum Gasteiger partial charge on any atom is -0.456 e. The zero-order valence-corrected chi connectivity index (χ0v) is 33.0. The monoisotopic (exact) mass is 742 g/mol. The lowest BCUT2D eigenvalue weighted by molar-refractivity contribution is 0.590. The summed E-state index contributed by atoms with van der Waals surface area (Å²) in [6.45, 7) is 9.04.